The van der Waals surface area contributed by atoms with Crippen LogP contribution in [0.25, 0.3) is 0 Å². The van der Waals surface area contributed by atoms with Crippen LogP contribution in [0.4, 0.5) is 13.2 Å². The second kappa shape index (κ2) is 5.38. The molecule has 8 heteroatoms. The maximum atomic E-state index is 13.2. The lowest BCUT2D eigenvalue weighted by Gasteiger charge is -2.21. The number of aromatic nitrogens is 1. The average molecular weight is 345 g/mol. The second-order valence-corrected chi connectivity index (χ2v) is 7.24. The third-order valence-corrected chi connectivity index (χ3v) is 5.65. The molecule has 1 N–H and O–H groups in total. The van der Waals surface area contributed by atoms with Gasteiger partial charge in [0.05, 0.1) is 16.6 Å². The van der Waals surface area contributed by atoms with Crippen LogP contribution in [0, 0.1) is 0 Å². The van der Waals surface area contributed by atoms with E-state index in [1.54, 1.807) is 6.07 Å². The number of nitrogens with zero attached hydrogens (tertiary/aromatic N) is 1. The van der Waals surface area contributed by atoms with Crippen LogP contribution in [-0.4, -0.2) is 17.5 Å². The molecule has 0 saturated carbocycles. The summed E-state index contributed by atoms with van der Waals surface area (Å²) < 4.78 is 65.7. The maximum absolute atomic E-state index is 13.2. The number of fused-ring (bicyclic) bond motifs is 1. The summed E-state index contributed by atoms with van der Waals surface area (Å²) in [5.41, 5.74) is -1.39. The van der Waals surface area contributed by atoms with Gasteiger partial charge in [-0.1, -0.05) is 18.2 Å². The van der Waals surface area contributed by atoms with Crippen LogP contribution in [0.1, 0.15) is 35.8 Å². The van der Waals surface area contributed by atoms with Crippen molar-refractivity contribution in [2.24, 2.45) is 0 Å². The zero-order valence-electron chi connectivity index (χ0n) is 11.9. The van der Waals surface area contributed by atoms with Crippen LogP contribution in [0.2, 0.25) is 0 Å². The van der Waals surface area contributed by atoms with Gasteiger partial charge in [-0.2, -0.15) is 13.2 Å². The van der Waals surface area contributed by atoms with Crippen molar-refractivity contribution in [1.29, 1.82) is 0 Å². The first-order valence-electron chi connectivity index (χ1n) is 7.03. The monoisotopic (exact) mass is 345 g/mol. The van der Waals surface area contributed by atoms with E-state index in [2.05, 4.69) is 0 Å². The lowest BCUT2D eigenvalue weighted by atomic mass is 9.92. The Balaban J connectivity index is 2.26. The van der Waals surface area contributed by atoms with Gasteiger partial charge < -0.3 is 5.11 Å². The largest absolute Gasteiger partial charge is 0.418 e. The van der Waals surface area contributed by atoms with Gasteiger partial charge in [0.25, 0.3) is 10.0 Å². The van der Waals surface area contributed by atoms with Crippen molar-refractivity contribution in [3.63, 3.8) is 0 Å². The Morgan fingerprint density at radius 2 is 1.83 bits per heavy atom. The summed E-state index contributed by atoms with van der Waals surface area (Å²) in [5.74, 6) is 0. The van der Waals surface area contributed by atoms with Crippen LogP contribution in [0.3, 0.4) is 0 Å². The van der Waals surface area contributed by atoms with E-state index in [-0.39, 0.29) is 29.0 Å². The Morgan fingerprint density at radius 3 is 2.43 bits per heavy atom. The van der Waals surface area contributed by atoms with Crippen LogP contribution < -0.4 is 0 Å². The number of hydrogen-bond acceptors (Lipinski definition) is 3. The van der Waals surface area contributed by atoms with Crippen molar-refractivity contribution in [2.75, 3.05) is 0 Å². The van der Waals surface area contributed by atoms with E-state index in [9.17, 15) is 26.7 Å². The molecule has 2 aromatic rings. The molecule has 0 aliphatic heterocycles. The molecule has 0 saturated heterocycles. The summed E-state index contributed by atoms with van der Waals surface area (Å²) in [6, 6.07) is 7.28. The van der Waals surface area contributed by atoms with Gasteiger partial charge in [0.1, 0.15) is 0 Å². The van der Waals surface area contributed by atoms with E-state index in [4.69, 9.17) is 0 Å². The van der Waals surface area contributed by atoms with Crippen LogP contribution in [0.5, 0.6) is 0 Å². The molecule has 124 valence electrons. The SMILES string of the molecule is O=S(=O)(c1ccccc1)n1cc(C(F)(F)F)c2c1CCCC2O. The predicted molar refractivity (Wildman–Crippen MR) is 76.4 cm³/mol. The van der Waals surface area contributed by atoms with E-state index in [0.29, 0.717) is 16.6 Å². The highest BCUT2D eigenvalue weighted by Gasteiger charge is 2.41. The maximum Gasteiger partial charge on any atom is 0.418 e. The lowest BCUT2D eigenvalue weighted by molar-refractivity contribution is -0.139. The molecule has 1 aliphatic rings. The molecule has 3 rings (SSSR count). The number of rotatable bonds is 2. The van der Waals surface area contributed by atoms with Crippen LogP contribution in [-0.2, 0) is 22.6 Å². The van der Waals surface area contributed by atoms with Crippen LogP contribution >= 0.6 is 0 Å². The first-order valence-corrected chi connectivity index (χ1v) is 8.47. The molecule has 23 heavy (non-hydrogen) atoms. The minimum atomic E-state index is -4.72. The van der Waals surface area contributed by atoms with Crippen molar-refractivity contribution in [3.8, 4) is 0 Å². The van der Waals surface area contributed by atoms with Crippen molar-refractivity contribution in [3.05, 3.63) is 53.3 Å². The predicted octanol–water partition coefficient (Wildman–Crippen LogP) is 3.11. The highest BCUT2D eigenvalue weighted by atomic mass is 32.2. The molecule has 1 aliphatic carbocycles. The van der Waals surface area contributed by atoms with E-state index in [1.807, 2.05) is 0 Å². The van der Waals surface area contributed by atoms with Gasteiger partial charge in [-0.3, -0.25) is 0 Å². The van der Waals surface area contributed by atoms with Gasteiger partial charge in [-0.25, -0.2) is 12.4 Å². The highest BCUT2D eigenvalue weighted by Crippen LogP contribution is 2.42. The topological polar surface area (TPSA) is 59.3 Å². The van der Waals surface area contributed by atoms with Gasteiger partial charge in [0.2, 0.25) is 0 Å². The van der Waals surface area contributed by atoms with E-state index in [1.165, 1.54) is 24.3 Å². The molecule has 0 amide bonds. The number of aliphatic hydroxyl groups is 1. The van der Waals surface area contributed by atoms with E-state index >= 15 is 0 Å². The third-order valence-electron chi connectivity index (χ3n) is 3.94. The average Bonchev–Trinajstić information content (AvgIpc) is 2.90. The first-order chi connectivity index (χ1) is 10.7. The summed E-state index contributed by atoms with van der Waals surface area (Å²) in [7, 11) is -4.14. The summed E-state index contributed by atoms with van der Waals surface area (Å²) in [6.07, 6.45) is -4.65. The molecule has 1 atom stereocenters. The summed E-state index contributed by atoms with van der Waals surface area (Å²) in [6.45, 7) is 0. The molecule has 0 radical (unpaired) electrons. The number of alkyl halides is 3. The van der Waals surface area contributed by atoms with Crippen LogP contribution in [0.15, 0.2) is 41.4 Å². The fourth-order valence-electron chi connectivity index (χ4n) is 2.91. The number of halogens is 3. The second-order valence-electron chi connectivity index (χ2n) is 5.42. The van der Waals surface area contributed by atoms with Crippen molar-refractivity contribution in [1.82, 2.24) is 3.97 Å². The smallest absolute Gasteiger partial charge is 0.388 e. The Kier molecular flexibility index (Phi) is 3.76. The van der Waals surface area contributed by atoms with Gasteiger partial charge >= 0.3 is 6.18 Å². The summed E-state index contributed by atoms with van der Waals surface area (Å²) in [4.78, 5) is -0.0911. The minimum absolute atomic E-state index is 0.0138. The Bertz CT molecular complexity index is 826. The third kappa shape index (κ3) is 2.66. The molecule has 1 aromatic heterocycles. The van der Waals surface area contributed by atoms with Gasteiger partial charge in [-0.05, 0) is 31.4 Å². The molecule has 1 aromatic carbocycles. The number of hydrogen-bond donors (Lipinski definition) is 1. The zero-order chi connectivity index (χ0) is 16.8. The van der Waals surface area contributed by atoms with Gasteiger partial charge in [0, 0.05) is 17.5 Å². The molecule has 0 fully saturated rings. The fraction of sp³-hybridized carbons (Fsp3) is 0.333. The molecule has 0 bridgehead atoms. The summed E-state index contributed by atoms with van der Waals surface area (Å²) in [5, 5.41) is 9.95. The Labute approximate surface area is 131 Å². The standard InChI is InChI=1S/C15H14F3NO3S/c16-15(17,18)11-9-19(12-7-4-8-13(20)14(11)12)23(21,22)10-5-2-1-3-6-10/h1-3,5-6,9,13,20H,4,7-8H2. The summed E-state index contributed by atoms with van der Waals surface area (Å²) >= 11 is 0. The minimum Gasteiger partial charge on any atom is -0.388 e. The molecule has 0 spiro atoms. The molecular weight excluding hydrogens is 331 g/mol. The van der Waals surface area contributed by atoms with E-state index < -0.39 is 27.9 Å². The first kappa shape index (κ1) is 16.1. The van der Waals surface area contributed by atoms with Crippen molar-refractivity contribution >= 4 is 10.0 Å². The molecular formula is C15H14F3NO3S. The highest BCUT2D eigenvalue weighted by molar-refractivity contribution is 7.90. The molecule has 1 unspecified atom stereocenters. The molecule has 4 nitrogen and oxygen atoms in total. The zero-order valence-corrected chi connectivity index (χ0v) is 12.7. The quantitative estimate of drug-likeness (QED) is 0.910. The number of aliphatic hydroxyl groups excluding tert-OH is 1. The molecule has 1 heterocycles. The van der Waals surface area contributed by atoms with Crippen molar-refractivity contribution < 1.29 is 26.7 Å². The van der Waals surface area contributed by atoms with Gasteiger partial charge in [-0.15, -0.1) is 0 Å². The lowest BCUT2D eigenvalue weighted by Crippen LogP contribution is -2.18. The van der Waals surface area contributed by atoms with Crippen molar-refractivity contribution in [2.45, 2.75) is 36.4 Å². The van der Waals surface area contributed by atoms with E-state index in [0.717, 1.165) is 0 Å². The number of benzene rings is 1. The van der Waals surface area contributed by atoms with Gasteiger partial charge in [0.15, 0.2) is 0 Å². The fourth-order valence-corrected chi connectivity index (χ4v) is 4.36. The Hall–Kier alpha value is -1.80. The normalized spacial score (nSPS) is 18.7. The Morgan fingerprint density at radius 1 is 1.17 bits per heavy atom.